The molecule has 0 aliphatic rings. The third kappa shape index (κ3) is 4.70. The van der Waals surface area contributed by atoms with E-state index in [0.717, 1.165) is 6.42 Å². The normalized spacial score (nSPS) is 10.0. The molecular weight excluding hydrogens is 276 g/mol. The maximum Gasteiger partial charge on any atom is 0.270 e. The number of nitrogens with zero attached hydrogens (tertiary/aromatic N) is 2. The number of aromatic nitrogens is 2. The zero-order valence-corrected chi connectivity index (χ0v) is 12.7. The number of benzene rings is 1. The van der Waals surface area contributed by atoms with Gasteiger partial charge in [-0.05, 0) is 18.9 Å². The molecule has 0 bridgehead atoms. The molecule has 0 atom stereocenters. The molecule has 0 unspecified atom stereocenters. The van der Waals surface area contributed by atoms with Crippen molar-refractivity contribution in [1.82, 2.24) is 15.3 Å². The van der Waals surface area contributed by atoms with Gasteiger partial charge in [-0.15, -0.1) is 6.58 Å². The summed E-state index contributed by atoms with van der Waals surface area (Å²) in [5.74, 6) is 0.992. The molecule has 1 aromatic heterocycles. The van der Waals surface area contributed by atoms with Gasteiger partial charge in [-0.1, -0.05) is 36.4 Å². The molecule has 1 heterocycles. The molecule has 1 aromatic carbocycles. The molecule has 0 saturated carbocycles. The molecule has 114 valence electrons. The Morgan fingerprint density at radius 2 is 2.05 bits per heavy atom. The minimum absolute atomic E-state index is 0.192. The summed E-state index contributed by atoms with van der Waals surface area (Å²) in [5.41, 5.74) is 1.56. The number of nitrogens with one attached hydrogen (secondary N) is 2. The summed E-state index contributed by atoms with van der Waals surface area (Å²) in [6.07, 6.45) is 2.52. The molecule has 0 saturated heterocycles. The van der Waals surface area contributed by atoms with Gasteiger partial charge in [0.05, 0.1) is 0 Å². The Hall–Kier alpha value is -2.69. The Kier molecular flexibility index (Phi) is 5.65. The smallest absolute Gasteiger partial charge is 0.270 e. The molecule has 2 N–H and O–H groups in total. The lowest BCUT2D eigenvalue weighted by Gasteiger charge is -2.08. The van der Waals surface area contributed by atoms with Gasteiger partial charge in [0.15, 0.2) is 0 Å². The molecule has 2 rings (SSSR count). The molecule has 5 heteroatoms. The zero-order chi connectivity index (χ0) is 15.8. The van der Waals surface area contributed by atoms with Crippen LogP contribution in [0.5, 0.6) is 0 Å². The minimum Gasteiger partial charge on any atom is -0.366 e. The molecular formula is C17H20N4O. The number of carbonyl (C=O) groups is 1. The maximum atomic E-state index is 12.2. The van der Waals surface area contributed by atoms with Crippen LogP contribution >= 0.6 is 0 Å². The fourth-order valence-electron chi connectivity index (χ4n) is 2.01. The standard InChI is InChI=1S/C17H20N4O/c1-3-10-18-16-12-15(20-13(2)21-16)17(22)19-11-9-14-7-5-4-6-8-14/h3-8,12H,1,9-11H2,2H3,(H,19,22)(H,18,20,21). The Morgan fingerprint density at radius 3 is 2.77 bits per heavy atom. The van der Waals surface area contributed by atoms with Gasteiger partial charge in [0, 0.05) is 19.2 Å². The van der Waals surface area contributed by atoms with Crippen molar-refractivity contribution >= 4 is 11.7 Å². The summed E-state index contributed by atoms with van der Waals surface area (Å²) in [5, 5.41) is 5.94. The van der Waals surface area contributed by atoms with Crippen molar-refractivity contribution in [2.45, 2.75) is 13.3 Å². The van der Waals surface area contributed by atoms with Crippen LogP contribution in [0.4, 0.5) is 5.82 Å². The molecule has 1 amide bonds. The van der Waals surface area contributed by atoms with Crippen LogP contribution in [0.3, 0.4) is 0 Å². The van der Waals surface area contributed by atoms with Gasteiger partial charge in [0.25, 0.3) is 5.91 Å². The zero-order valence-electron chi connectivity index (χ0n) is 12.7. The van der Waals surface area contributed by atoms with E-state index in [4.69, 9.17) is 0 Å². The van der Waals surface area contributed by atoms with E-state index in [0.29, 0.717) is 30.4 Å². The second kappa shape index (κ2) is 7.93. The van der Waals surface area contributed by atoms with E-state index in [1.54, 1.807) is 19.1 Å². The van der Waals surface area contributed by atoms with Gasteiger partial charge in [-0.25, -0.2) is 9.97 Å². The Bertz CT molecular complexity index is 640. The van der Waals surface area contributed by atoms with E-state index >= 15 is 0 Å². The molecule has 0 aliphatic heterocycles. The van der Waals surface area contributed by atoms with Crippen molar-refractivity contribution < 1.29 is 4.79 Å². The van der Waals surface area contributed by atoms with Gasteiger partial charge < -0.3 is 10.6 Å². The first-order chi connectivity index (χ1) is 10.7. The third-order valence-electron chi connectivity index (χ3n) is 3.04. The maximum absolute atomic E-state index is 12.2. The van der Waals surface area contributed by atoms with E-state index in [2.05, 4.69) is 27.2 Å². The summed E-state index contributed by atoms with van der Waals surface area (Å²) in [7, 11) is 0. The minimum atomic E-state index is -0.192. The first kappa shape index (κ1) is 15.7. The predicted octanol–water partition coefficient (Wildman–Crippen LogP) is 2.36. The Labute approximate surface area is 130 Å². The van der Waals surface area contributed by atoms with Crippen LogP contribution in [0.2, 0.25) is 0 Å². The topological polar surface area (TPSA) is 66.9 Å². The summed E-state index contributed by atoms with van der Waals surface area (Å²) in [6.45, 7) is 6.56. The van der Waals surface area contributed by atoms with Crippen LogP contribution in [-0.2, 0) is 6.42 Å². The highest BCUT2D eigenvalue weighted by Gasteiger charge is 2.09. The van der Waals surface area contributed by atoms with Crippen molar-refractivity contribution in [3.8, 4) is 0 Å². The summed E-state index contributed by atoms with van der Waals surface area (Å²) >= 11 is 0. The molecule has 22 heavy (non-hydrogen) atoms. The van der Waals surface area contributed by atoms with Crippen molar-refractivity contribution in [3.63, 3.8) is 0 Å². The van der Waals surface area contributed by atoms with Crippen molar-refractivity contribution in [3.05, 3.63) is 66.1 Å². The highest BCUT2D eigenvalue weighted by molar-refractivity contribution is 5.92. The lowest BCUT2D eigenvalue weighted by Crippen LogP contribution is -2.27. The fourth-order valence-corrected chi connectivity index (χ4v) is 2.01. The number of anilines is 1. The van der Waals surface area contributed by atoms with Gasteiger partial charge in [-0.3, -0.25) is 4.79 Å². The highest BCUT2D eigenvalue weighted by Crippen LogP contribution is 2.06. The molecule has 2 aromatic rings. The van der Waals surface area contributed by atoms with Gasteiger partial charge >= 0.3 is 0 Å². The lowest BCUT2D eigenvalue weighted by atomic mass is 10.1. The summed E-state index contributed by atoms with van der Waals surface area (Å²) in [6, 6.07) is 11.7. The number of amides is 1. The first-order valence-corrected chi connectivity index (χ1v) is 7.21. The number of rotatable bonds is 7. The van der Waals surface area contributed by atoms with Crippen LogP contribution in [-0.4, -0.2) is 29.0 Å². The van der Waals surface area contributed by atoms with Crippen LogP contribution in [0, 0.1) is 6.92 Å². The number of aryl methyl sites for hydroxylation is 1. The van der Waals surface area contributed by atoms with Crippen LogP contribution in [0.15, 0.2) is 49.1 Å². The summed E-state index contributed by atoms with van der Waals surface area (Å²) < 4.78 is 0. The Balaban J connectivity index is 1.94. The average molecular weight is 296 g/mol. The van der Waals surface area contributed by atoms with E-state index in [9.17, 15) is 4.79 Å². The largest absolute Gasteiger partial charge is 0.366 e. The lowest BCUT2D eigenvalue weighted by molar-refractivity contribution is 0.0949. The molecule has 5 nitrogen and oxygen atoms in total. The highest BCUT2D eigenvalue weighted by atomic mass is 16.1. The van der Waals surface area contributed by atoms with E-state index in [1.807, 2.05) is 30.3 Å². The van der Waals surface area contributed by atoms with Gasteiger partial charge in [0.2, 0.25) is 0 Å². The SMILES string of the molecule is C=CCNc1cc(C(=O)NCCc2ccccc2)nc(C)n1. The van der Waals surface area contributed by atoms with Gasteiger partial charge in [-0.2, -0.15) is 0 Å². The first-order valence-electron chi connectivity index (χ1n) is 7.21. The van der Waals surface area contributed by atoms with Gasteiger partial charge in [0.1, 0.15) is 17.3 Å². The van der Waals surface area contributed by atoms with Crippen LogP contribution in [0.25, 0.3) is 0 Å². The van der Waals surface area contributed by atoms with Crippen molar-refractivity contribution in [1.29, 1.82) is 0 Å². The van der Waals surface area contributed by atoms with E-state index in [1.165, 1.54) is 5.56 Å². The number of hydrogen-bond acceptors (Lipinski definition) is 4. The van der Waals surface area contributed by atoms with Crippen molar-refractivity contribution in [2.24, 2.45) is 0 Å². The third-order valence-corrected chi connectivity index (χ3v) is 3.04. The van der Waals surface area contributed by atoms with E-state index < -0.39 is 0 Å². The van der Waals surface area contributed by atoms with Crippen LogP contribution in [0.1, 0.15) is 21.9 Å². The monoisotopic (exact) mass is 296 g/mol. The second-order valence-electron chi connectivity index (χ2n) is 4.85. The predicted molar refractivity (Wildman–Crippen MR) is 87.9 cm³/mol. The number of hydrogen-bond donors (Lipinski definition) is 2. The number of carbonyl (C=O) groups excluding carboxylic acids is 1. The second-order valence-corrected chi connectivity index (χ2v) is 4.85. The molecule has 0 fully saturated rings. The summed E-state index contributed by atoms with van der Waals surface area (Å²) in [4.78, 5) is 20.6. The Morgan fingerprint density at radius 1 is 1.27 bits per heavy atom. The fraction of sp³-hybridized carbons (Fsp3) is 0.235. The molecule has 0 aliphatic carbocycles. The van der Waals surface area contributed by atoms with Crippen LogP contribution < -0.4 is 10.6 Å². The van der Waals surface area contributed by atoms with Crippen molar-refractivity contribution in [2.75, 3.05) is 18.4 Å². The molecule has 0 radical (unpaired) electrons. The quantitative estimate of drug-likeness (QED) is 0.770. The molecule has 0 spiro atoms. The van der Waals surface area contributed by atoms with E-state index in [-0.39, 0.29) is 5.91 Å². The average Bonchev–Trinajstić information content (AvgIpc) is 2.53.